The summed E-state index contributed by atoms with van der Waals surface area (Å²) in [6.07, 6.45) is -2.18. The molecule has 3 aliphatic heterocycles. The highest BCUT2D eigenvalue weighted by Crippen LogP contribution is 2.46. The lowest BCUT2D eigenvalue weighted by molar-refractivity contribution is -0.313. The molecule has 8 nitrogen and oxygen atoms in total. The molecule has 2 unspecified atom stereocenters. The van der Waals surface area contributed by atoms with E-state index in [2.05, 4.69) is 0 Å². The van der Waals surface area contributed by atoms with Gasteiger partial charge in [0.05, 0.1) is 13.2 Å². The molecule has 3 saturated heterocycles. The molecule has 26 heavy (non-hydrogen) atoms. The van der Waals surface area contributed by atoms with Crippen LogP contribution in [0.1, 0.15) is 40.5 Å². The van der Waals surface area contributed by atoms with Gasteiger partial charge in [0, 0.05) is 20.0 Å². The normalized spacial score (nSPS) is 45.9. The van der Waals surface area contributed by atoms with Crippen molar-refractivity contribution in [2.24, 2.45) is 0 Å². The third-order valence-electron chi connectivity index (χ3n) is 5.63. The molecule has 3 heterocycles. The SMILES string of the molecule is COC1(OC2[C@H]3OC(C)(C)O[C@H]3C(O)[C@@H]3OC(C)(C)O[C@@H]23)CCOCC1. The van der Waals surface area contributed by atoms with E-state index in [1.807, 2.05) is 27.7 Å². The first-order chi connectivity index (χ1) is 12.2. The third-order valence-corrected chi connectivity index (χ3v) is 5.63. The Bertz CT molecular complexity index is 497. The van der Waals surface area contributed by atoms with Gasteiger partial charge in [-0.25, -0.2) is 0 Å². The number of hydrogen-bond acceptors (Lipinski definition) is 8. The number of hydrogen-bond donors (Lipinski definition) is 1. The van der Waals surface area contributed by atoms with Gasteiger partial charge in [0.1, 0.15) is 36.6 Å². The molecule has 0 amide bonds. The molecule has 0 aromatic heterocycles. The van der Waals surface area contributed by atoms with Crippen molar-refractivity contribution >= 4 is 0 Å². The standard InChI is InChI=1S/C18H30O8/c1-16(2)22-11-10(19)12-14(25-17(3,4)23-12)15(13(11)24-16)26-18(20-5)6-8-21-9-7-18/h10-15,19H,6-9H2,1-5H3/t10?,11-,12-,13-,14+,15?/m0/s1. The van der Waals surface area contributed by atoms with Crippen LogP contribution in [0.3, 0.4) is 0 Å². The van der Waals surface area contributed by atoms with Gasteiger partial charge in [-0.2, -0.15) is 0 Å². The lowest BCUT2D eigenvalue weighted by Crippen LogP contribution is -2.64. The van der Waals surface area contributed by atoms with Crippen molar-refractivity contribution in [3.8, 4) is 0 Å². The summed E-state index contributed by atoms with van der Waals surface area (Å²) in [4.78, 5) is 0. The monoisotopic (exact) mass is 374 g/mol. The second-order valence-corrected chi connectivity index (χ2v) is 8.43. The van der Waals surface area contributed by atoms with Crippen LogP contribution in [0.4, 0.5) is 0 Å². The van der Waals surface area contributed by atoms with Crippen LogP contribution in [0.5, 0.6) is 0 Å². The van der Waals surface area contributed by atoms with E-state index >= 15 is 0 Å². The summed E-state index contributed by atoms with van der Waals surface area (Å²) in [5.41, 5.74) is 0. The largest absolute Gasteiger partial charge is 0.387 e. The molecular weight excluding hydrogens is 344 g/mol. The second kappa shape index (κ2) is 6.35. The van der Waals surface area contributed by atoms with E-state index in [0.29, 0.717) is 26.1 Å². The van der Waals surface area contributed by atoms with Crippen molar-refractivity contribution in [1.82, 2.24) is 0 Å². The number of aliphatic hydroxyl groups is 1. The Labute approximate surface area is 154 Å². The van der Waals surface area contributed by atoms with E-state index in [1.54, 1.807) is 7.11 Å². The molecule has 1 saturated carbocycles. The van der Waals surface area contributed by atoms with Crippen molar-refractivity contribution in [1.29, 1.82) is 0 Å². The number of ether oxygens (including phenoxy) is 7. The minimum Gasteiger partial charge on any atom is -0.387 e. The first-order valence-electron chi connectivity index (χ1n) is 9.35. The zero-order valence-electron chi connectivity index (χ0n) is 16.1. The van der Waals surface area contributed by atoms with Gasteiger partial charge in [-0.15, -0.1) is 0 Å². The van der Waals surface area contributed by atoms with Gasteiger partial charge in [0.25, 0.3) is 0 Å². The van der Waals surface area contributed by atoms with Crippen molar-refractivity contribution in [2.75, 3.05) is 20.3 Å². The summed E-state index contributed by atoms with van der Waals surface area (Å²) in [5, 5.41) is 10.8. The van der Waals surface area contributed by atoms with Gasteiger partial charge in [-0.05, 0) is 27.7 Å². The van der Waals surface area contributed by atoms with E-state index < -0.39 is 54.0 Å². The Kier molecular flexibility index (Phi) is 4.65. The maximum absolute atomic E-state index is 10.8. The Hall–Kier alpha value is -0.320. The van der Waals surface area contributed by atoms with Gasteiger partial charge in [0.2, 0.25) is 0 Å². The van der Waals surface area contributed by atoms with Gasteiger partial charge < -0.3 is 38.3 Å². The molecule has 0 radical (unpaired) electrons. The van der Waals surface area contributed by atoms with Crippen LogP contribution in [-0.2, 0) is 33.2 Å². The van der Waals surface area contributed by atoms with Crippen molar-refractivity contribution in [2.45, 2.75) is 94.5 Å². The first-order valence-corrected chi connectivity index (χ1v) is 9.35. The van der Waals surface area contributed by atoms with Gasteiger partial charge >= 0.3 is 0 Å². The van der Waals surface area contributed by atoms with Crippen LogP contribution < -0.4 is 0 Å². The molecular formula is C18H30O8. The zero-order chi connectivity index (χ0) is 18.7. The maximum Gasteiger partial charge on any atom is 0.172 e. The zero-order valence-corrected chi connectivity index (χ0v) is 16.1. The maximum atomic E-state index is 10.8. The molecule has 0 aromatic carbocycles. The highest BCUT2D eigenvalue weighted by molar-refractivity contribution is 5.08. The molecule has 0 bridgehead atoms. The average molecular weight is 374 g/mol. The molecule has 4 aliphatic rings. The van der Waals surface area contributed by atoms with E-state index in [-0.39, 0.29) is 0 Å². The summed E-state index contributed by atoms with van der Waals surface area (Å²) < 4.78 is 41.9. The average Bonchev–Trinajstić information content (AvgIpc) is 3.08. The molecule has 0 aromatic rings. The fraction of sp³-hybridized carbons (Fsp3) is 1.00. The summed E-state index contributed by atoms with van der Waals surface area (Å²) in [6, 6.07) is 0. The summed E-state index contributed by atoms with van der Waals surface area (Å²) in [5.74, 6) is -2.41. The Balaban J connectivity index is 1.65. The number of methoxy groups -OCH3 is 1. The molecule has 150 valence electrons. The highest BCUT2D eigenvalue weighted by atomic mass is 16.8. The van der Waals surface area contributed by atoms with E-state index in [4.69, 9.17) is 33.2 Å². The fourth-order valence-corrected chi connectivity index (χ4v) is 4.48. The van der Waals surface area contributed by atoms with E-state index in [1.165, 1.54) is 0 Å². The quantitative estimate of drug-likeness (QED) is 0.731. The smallest absolute Gasteiger partial charge is 0.172 e. The van der Waals surface area contributed by atoms with Gasteiger partial charge in [-0.3, -0.25) is 0 Å². The highest BCUT2D eigenvalue weighted by Gasteiger charge is 2.64. The Morgan fingerprint density at radius 2 is 1.27 bits per heavy atom. The first kappa shape index (κ1) is 19.0. The Morgan fingerprint density at radius 1 is 0.808 bits per heavy atom. The van der Waals surface area contributed by atoms with Crippen molar-refractivity contribution < 1.29 is 38.3 Å². The summed E-state index contributed by atoms with van der Waals surface area (Å²) >= 11 is 0. The lowest BCUT2D eigenvalue weighted by Gasteiger charge is -2.46. The minimum atomic E-state index is -0.860. The van der Waals surface area contributed by atoms with Crippen molar-refractivity contribution in [3.63, 3.8) is 0 Å². The molecule has 4 fully saturated rings. The summed E-state index contributed by atoms with van der Waals surface area (Å²) in [7, 11) is 1.64. The van der Waals surface area contributed by atoms with Crippen LogP contribution in [0.2, 0.25) is 0 Å². The minimum absolute atomic E-state index is 0.478. The fourth-order valence-electron chi connectivity index (χ4n) is 4.48. The van der Waals surface area contributed by atoms with E-state index in [0.717, 1.165) is 0 Å². The third kappa shape index (κ3) is 3.20. The Morgan fingerprint density at radius 3 is 1.73 bits per heavy atom. The molecule has 1 N–H and O–H groups in total. The van der Waals surface area contributed by atoms with Crippen LogP contribution in [0.25, 0.3) is 0 Å². The molecule has 8 heteroatoms. The van der Waals surface area contributed by atoms with Crippen molar-refractivity contribution in [3.05, 3.63) is 0 Å². The molecule has 1 aliphatic carbocycles. The topological polar surface area (TPSA) is 84.8 Å². The predicted molar refractivity (Wildman–Crippen MR) is 88.3 cm³/mol. The number of rotatable bonds is 3. The van der Waals surface area contributed by atoms with Crippen LogP contribution >= 0.6 is 0 Å². The van der Waals surface area contributed by atoms with Gasteiger partial charge in [-0.1, -0.05) is 0 Å². The predicted octanol–water partition coefficient (Wildman–Crippen LogP) is 0.939. The lowest BCUT2D eigenvalue weighted by atomic mass is 9.84. The summed E-state index contributed by atoms with van der Waals surface area (Å²) in [6.45, 7) is 8.45. The van der Waals surface area contributed by atoms with Crippen LogP contribution in [0, 0.1) is 0 Å². The van der Waals surface area contributed by atoms with Crippen LogP contribution in [0.15, 0.2) is 0 Å². The molecule has 6 atom stereocenters. The number of fused-ring (bicyclic) bond motifs is 2. The van der Waals surface area contributed by atoms with E-state index in [9.17, 15) is 5.11 Å². The van der Waals surface area contributed by atoms with Gasteiger partial charge in [0.15, 0.2) is 17.4 Å². The molecule has 4 rings (SSSR count). The number of aliphatic hydroxyl groups excluding tert-OH is 1. The van der Waals surface area contributed by atoms with Crippen LogP contribution in [-0.4, -0.2) is 79.4 Å². The molecule has 0 spiro atoms. The second-order valence-electron chi connectivity index (χ2n) is 8.43.